The van der Waals surface area contributed by atoms with E-state index >= 15 is 0 Å². The van der Waals surface area contributed by atoms with E-state index in [1.807, 2.05) is 0 Å². The SMILES string of the molecule is Cc1c(C(F)F)cc(N)nc1C(=O)O. The molecule has 0 saturated heterocycles. The smallest absolute Gasteiger partial charge is 0.354 e. The van der Waals surface area contributed by atoms with Crippen LogP contribution in [0.15, 0.2) is 6.07 Å². The molecule has 0 aliphatic carbocycles. The third-order valence-corrected chi connectivity index (χ3v) is 1.77. The molecule has 1 rings (SSSR count). The van der Waals surface area contributed by atoms with Gasteiger partial charge in [-0.15, -0.1) is 0 Å². The molecule has 1 heterocycles. The Morgan fingerprint density at radius 2 is 2.21 bits per heavy atom. The van der Waals surface area contributed by atoms with Crippen LogP contribution in [0, 0.1) is 6.92 Å². The summed E-state index contributed by atoms with van der Waals surface area (Å²) in [6, 6.07) is 0.979. The Labute approximate surface area is 78.4 Å². The van der Waals surface area contributed by atoms with Gasteiger partial charge in [0.05, 0.1) is 0 Å². The first-order chi connectivity index (χ1) is 6.43. The number of pyridine rings is 1. The van der Waals surface area contributed by atoms with Gasteiger partial charge in [-0.2, -0.15) is 0 Å². The maximum Gasteiger partial charge on any atom is 0.354 e. The van der Waals surface area contributed by atoms with Gasteiger partial charge in [0.1, 0.15) is 5.82 Å². The van der Waals surface area contributed by atoms with Crippen LogP contribution in [0.25, 0.3) is 0 Å². The van der Waals surface area contributed by atoms with Crippen molar-refractivity contribution < 1.29 is 18.7 Å². The van der Waals surface area contributed by atoms with E-state index in [0.29, 0.717) is 0 Å². The summed E-state index contributed by atoms with van der Waals surface area (Å²) in [5, 5.41) is 8.63. The first-order valence-corrected chi connectivity index (χ1v) is 3.72. The largest absolute Gasteiger partial charge is 0.477 e. The van der Waals surface area contributed by atoms with Crippen molar-refractivity contribution in [3.63, 3.8) is 0 Å². The minimum Gasteiger partial charge on any atom is -0.477 e. The monoisotopic (exact) mass is 202 g/mol. The molecule has 76 valence electrons. The number of nitrogens with two attached hydrogens (primary N) is 1. The van der Waals surface area contributed by atoms with Crippen LogP contribution in [-0.4, -0.2) is 16.1 Å². The molecule has 1 aromatic heterocycles. The maximum absolute atomic E-state index is 12.4. The maximum atomic E-state index is 12.4. The molecule has 0 bridgehead atoms. The molecule has 0 saturated carbocycles. The number of carboxylic acid groups (broad SMARTS) is 1. The van der Waals surface area contributed by atoms with Gasteiger partial charge in [0, 0.05) is 5.56 Å². The van der Waals surface area contributed by atoms with Crippen molar-refractivity contribution in [1.29, 1.82) is 0 Å². The van der Waals surface area contributed by atoms with Gasteiger partial charge in [-0.05, 0) is 18.6 Å². The molecule has 4 nitrogen and oxygen atoms in total. The number of aromatic carboxylic acids is 1. The minimum absolute atomic E-state index is 0.0540. The fourth-order valence-electron chi connectivity index (χ4n) is 1.08. The predicted molar refractivity (Wildman–Crippen MR) is 45.3 cm³/mol. The van der Waals surface area contributed by atoms with Crippen molar-refractivity contribution in [3.05, 3.63) is 22.9 Å². The molecule has 0 aliphatic heterocycles. The number of hydrogen-bond donors (Lipinski definition) is 2. The predicted octanol–water partition coefficient (Wildman–Crippen LogP) is 1.61. The number of hydrogen-bond acceptors (Lipinski definition) is 3. The molecule has 0 fully saturated rings. The first-order valence-electron chi connectivity index (χ1n) is 3.72. The van der Waals surface area contributed by atoms with Gasteiger partial charge in [0.2, 0.25) is 0 Å². The van der Waals surface area contributed by atoms with E-state index in [1.54, 1.807) is 0 Å². The van der Waals surface area contributed by atoms with Crippen molar-refractivity contribution in [2.45, 2.75) is 13.3 Å². The number of halogens is 2. The fourth-order valence-corrected chi connectivity index (χ4v) is 1.08. The van der Waals surface area contributed by atoms with Gasteiger partial charge in [0.25, 0.3) is 6.43 Å². The number of rotatable bonds is 2. The lowest BCUT2D eigenvalue weighted by molar-refractivity contribution is 0.0689. The van der Waals surface area contributed by atoms with Crippen molar-refractivity contribution >= 4 is 11.8 Å². The number of nitrogen functional groups attached to an aromatic ring is 1. The molecule has 6 heteroatoms. The number of aromatic nitrogens is 1. The van der Waals surface area contributed by atoms with E-state index in [2.05, 4.69) is 4.98 Å². The third-order valence-electron chi connectivity index (χ3n) is 1.77. The molecular formula is C8H8F2N2O2. The van der Waals surface area contributed by atoms with Crippen LogP contribution in [0.2, 0.25) is 0 Å². The second kappa shape index (κ2) is 3.57. The van der Waals surface area contributed by atoms with Crippen LogP contribution in [0.4, 0.5) is 14.6 Å². The Bertz CT molecular complexity index is 380. The minimum atomic E-state index is -2.75. The van der Waals surface area contributed by atoms with Gasteiger partial charge in [-0.25, -0.2) is 18.6 Å². The Morgan fingerprint density at radius 1 is 1.64 bits per heavy atom. The average molecular weight is 202 g/mol. The van der Waals surface area contributed by atoms with E-state index in [-0.39, 0.29) is 11.4 Å². The van der Waals surface area contributed by atoms with Crippen LogP contribution in [-0.2, 0) is 0 Å². The molecule has 0 spiro atoms. The quantitative estimate of drug-likeness (QED) is 0.763. The highest BCUT2D eigenvalue weighted by Gasteiger charge is 2.19. The molecule has 14 heavy (non-hydrogen) atoms. The molecule has 1 aromatic rings. The zero-order chi connectivity index (χ0) is 10.9. The van der Waals surface area contributed by atoms with Crippen molar-refractivity contribution in [3.8, 4) is 0 Å². The molecular weight excluding hydrogens is 194 g/mol. The Hall–Kier alpha value is -1.72. The summed E-state index contributed by atoms with van der Waals surface area (Å²) in [5.74, 6) is -1.58. The molecule has 0 amide bonds. The Kier molecular flexibility index (Phi) is 2.64. The summed E-state index contributed by atoms with van der Waals surface area (Å²) in [7, 11) is 0. The van der Waals surface area contributed by atoms with Crippen LogP contribution >= 0.6 is 0 Å². The van der Waals surface area contributed by atoms with Crippen LogP contribution in [0.5, 0.6) is 0 Å². The van der Waals surface area contributed by atoms with E-state index in [1.165, 1.54) is 6.92 Å². The second-order valence-electron chi connectivity index (χ2n) is 2.72. The summed E-state index contributed by atoms with van der Waals surface area (Å²) in [5.41, 5.74) is 4.32. The first kappa shape index (κ1) is 10.4. The van der Waals surface area contributed by atoms with Crippen molar-refractivity contribution in [1.82, 2.24) is 4.98 Å². The zero-order valence-corrected chi connectivity index (χ0v) is 7.29. The summed E-state index contributed by atoms with van der Waals surface area (Å²) in [4.78, 5) is 14.0. The van der Waals surface area contributed by atoms with Crippen LogP contribution < -0.4 is 5.73 Å². The van der Waals surface area contributed by atoms with Crippen LogP contribution in [0.3, 0.4) is 0 Å². The molecule has 0 aliphatic rings. The molecule has 0 unspecified atom stereocenters. The average Bonchev–Trinajstić information content (AvgIpc) is 2.07. The summed E-state index contributed by atoms with van der Waals surface area (Å²) in [6.07, 6.45) is -2.75. The van der Waals surface area contributed by atoms with Gasteiger partial charge < -0.3 is 10.8 Å². The molecule has 3 N–H and O–H groups in total. The highest BCUT2D eigenvalue weighted by molar-refractivity contribution is 5.88. The number of alkyl halides is 2. The van der Waals surface area contributed by atoms with E-state index in [4.69, 9.17) is 10.8 Å². The second-order valence-corrected chi connectivity index (χ2v) is 2.72. The summed E-state index contributed by atoms with van der Waals surface area (Å²) >= 11 is 0. The van der Waals surface area contributed by atoms with Crippen molar-refractivity contribution in [2.75, 3.05) is 5.73 Å². The molecule has 0 atom stereocenters. The number of nitrogens with zero attached hydrogens (tertiary/aromatic N) is 1. The van der Waals surface area contributed by atoms with E-state index in [9.17, 15) is 13.6 Å². The Balaban J connectivity index is 3.40. The fraction of sp³-hybridized carbons (Fsp3) is 0.250. The number of carboxylic acids is 1. The lowest BCUT2D eigenvalue weighted by atomic mass is 10.1. The topological polar surface area (TPSA) is 76.2 Å². The van der Waals surface area contributed by atoms with Gasteiger partial charge in [-0.1, -0.05) is 0 Å². The van der Waals surface area contributed by atoms with E-state index < -0.39 is 23.7 Å². The zero-order valence-electron chi connectivity index (χ0n) is 7.29. The van der Waals surface area contributed by atoms with Gasteiger partial charge in [0.15, 0.2) is 5.69 Å². The number of carbonyl (C=O) groups is 1. The highest BCUT2D eigenvalue weighted by atomic mass is 19.3. The van der Waals surface area contributed by atoms with E-state index in [0.717, 1.165) is 6.07 Å². The lowest BCUT2D eigenvalue weighted by Crippen LogP contribution is -2.09. The normalized spacial score (nSPS) is 10.6. The standard InChI is InChI=1S/C8H8F2N2O2/c1-3-4(7(9)10)2-5(11)12-6(3)8(13)14/h2,7H,1H3,(H2,11,12)(H,13,14). The number of anilines is 1. The molecule has 0 radical (unpaired) electrons. The highest BCUT2D eigenvalue weighted by Crippen LogP contribution is 2.25. The summed E-state index contributed by atoms with van der Waals surface area (Å²) < 4.78 is 24.8. The Morgan fingerprint density at radius 3 is 2.64 bits per heavy atom. The van der Waals surface area contributed by atoms with Crippen molar-refractivity contribution in [2.24, 2.45) is 0 Å². The lowest BCUT2D eigenvalue weighted by Gasteiger charge is -2.07. The third kappa shape index (κ3) is 1.78. The summed E-state index contributed by atoms with van der Waals surface area (Å²) in [6.45, 7) is 1.28. The van der Waals surface area contributed by atoms with Gasteiger partial charge >= 0.3 is 5.97 Å². The van der Waals surface area contributed by atoms with Crippen LogP contribution in [0.1, 0.15) is 28.0 Å². The van der Waals surface area contributed by atoms with Gasteiger partial charge in [-0.3, -0.25) is 0 Å². The molecule has 0 aromatic carbocycles.